The number of hydrogen-bond donors (Lipinski definition) is 3. The summed E-state index contributed by atoms with van der Waals surface area (Å²) in [5.41, 5.74) is -1.83. The number of aliphatic hydroxyl groups excluding tert-OH is 1. The fraction of sp³-hybridized carbons (Fsp3) is 0.850. The fourth-order valence-corrected chi connectivity index (χ4v) is 5.58. The number of likely N-dealkylation sites (tertiary alicyclic amines) is 1. The summed E-state index contributed by atoms with van der Waals surface area (Å²) in [6.45, 7) is 7.91. The van der Waals surface area contributed by atoms with Crippen molar-refractivity contribution in [3.8, 4) is 0 Å². The maximum atomic E-state index is 13.5. The lowest BCUT2D eigenvalue weighted by Gasteiger charge is -2.36. The summed E-state index contributed by atoms with van der Waals surface area (Å²) in [4.78, 5) is 40.9. The van der Waals surface area contributed by atoms with Gasteiger partial charge in [-0.2, -0.15) is 0 Å². The first-order valence-electron chi connectivity index (χ1n) is 10.3. The number of rotatable bonds is 7. The molecule has 3 rings (SSSR count). The van der Waals surface area contributed by atoms with Crippen LogP contribution in [0.1, 0.15) is 47.0 Å². The van der Waals surface area contributed by atoms with Crippen molar-refractivity contribution in [1.82, 2.24) is 15.5 Å². The molecule has 28 heavy (non-hydrogen) atoms. The molecule has 2 bridgehead atoms. The van der Waals surface area contributed by atoms with Crippen LogP contribution in [0, 0.1) is 17.8 Å². The lowest BCUT2D eigenvalue weighted by atomic mass is 9.62. The summed E-state index contributed by atoms with van der Waals surface area (Å²) in [7, 11) is 1.55. The van der Waals surface area contributed by atoms with Gasteiger partial charge in [0.2, 0.25) is 17.7 Å². The van der Waals surface area contributed by atoms with Crippen molar-refractivity contribution in [3.63, 3.8) is 0 Å². The standard InChI is InChI=1S/C20H33N3O5/c1-6-7-8-22-17(26)15-20-9-11(2)19(4,28-20)13(16(25)21-5)14(20)18(27)23(15)12(3)10-24/h11-15,24H,6-10H2,1-5H3,(H,21,25)(H,22,26)/t11?,12-,13-,14+,15?,19+,20?/m1/s1. The summed E-state index contributed by atoms with van der Waals surface area (Å²) in [6.07, 6.45) is 2.32. The normalized spacial score (nSPS) is 39.8. The van der Waals surface area contributed by atoms with Gasteiger partial charge in [-0.3, -0.25) is 14.4 Å². The van der Waals surface area contributed by atoms with Gasteiger partial charge in [0.05, 0.1) is 30.1 Å². The first-order chi connectivity index (χ1) is 13.2. The molecule has 0 saturated carbocycles. The van der Waals surface area contributed by atoms with Gasteiger partial charge in [0.1, 0.15) is 11.6 Å². The molecule has 3 heterocycles. The Morgan fingerprint density at radius 1 is 1.39 bits per heavy atom. The van der Waals surface area contributed by atoms with Gasteiger partial charge in [-0.1, -0.05) is 20.3 Å². The van der Waals surface area contributed by atoms with E-state index in [4.69, 9.17) is 4.74 Å². The number of nitrogens with zero attached hydrogens (tertiary/aromatic N) is 1. The molecule has 3 unspecified atom stereocenters. The Bertz CT molecular complexity index is 670. The third-order valence-electron chi connectivity index (χ3n) is 7.10. The van der Waals surface area contributed by atoms with Crippen LogP contribution in [-0.2, 0) is 19.1 Å². The topological polar surface area (TPSA) is 108 Å². The molecule has 3 saturated heterocycles. The lowest BCUT2D eigenvalue weighted by Crippen LogP contribution is -2.57. The van der Waals surface area contributed by atoms with E-state index >= 15 is 0 Å². The number of ether oxygens (including phenoxy) is 1. The predicted octanol–water partition coefficient (Wildman–Crippen LogP) is 0.0402. The number of amides is 3. The zero-order chi connectivity index (χ0) is 20.9. The van der Waals surface area contributed by atoms with Crippen LogP contribution in [0.3, 0.4) is 0 Å². The van der Waals surface area contributed by atoms with Gasteiger partial charge < -0.3 is 25.4 Å². The molecule has 7 atom stereocenters. The molecule has 0 aliphatic carbocycles. The van der Waals surface area contributed by atoms with Gasteiger partial charge in [0.25, 0.3) is 0 Å². The van der Waals surface area contributed by atoms with Gasteiger partial charge in [-0.15, -0.1) is 0 Å². The monoisotopic (exact) mass is 395 g/mol. The minimum absolute atomic E-state index is 0.0224. The molecule has 0 aromatic heterocycles. The predicted molar refractivity (Wildman–Crippen MR) is 102 cm³/mol. The molecular formula is C20H33N3O5. The second kappa shape index (κ2) is 7.30. The summed E-state index contributed by atoms with van der Waals surface area (Å²) in [6, 6.07) is -1.38. The van der Waals surface area contributed by atoms with Gasteiger partial charge in [-0.05, 0) is 32.6 Å². The van der Waals surface area contributed by atoms with Crippen LogP contribution >= 0.6 is 0 Å². The van der Waals surface area contributed by atoms with Crippen LogP contribution in [-0.4, -0.2) is 71.2 Å². The Balaban J connectivity index is 2.06. The number of carbonyl (C=O) groups excluding carboxylic acids is 3. The van der Waals surface area contributed by atoms with E-state index in [2.05, 4.69) is 10.6 Å². The van der Waals surface area contributed by atoms with E-state index in [9.17, 15) is 19.5 Å². The third kappa shape index (κ3) is 2.68. The maximum absolute atomic E-state index is 13.5. The van der Waals surface area contributed by atoms with E-state index in [1.54, 1.807) is 14.0 Å². The van der Waals surface area contributed by atoms with E-state index < -0.39 is 35.1 Å². The number of carbonyl (C=O) groups is 3. The Kier molecular flexibility index (Phi) is 5.49. The minimum Gasteiger partial charge on any atom is -0.394 e. The first-order valence-corrected chi connectivity index (χ1v) is 10.3. The summed E-state index contributed by atoms with van der Waals surface area (Å²) in [5.74, 6) is -2.13. The number of hydrogen-bond acceptors (Lipinski definition) is 5. The zero-order valence-electron chi connectivity index (χ0n) is 17.4. The number of aliphatic hydroxyl groups is 1. The van der Waals surface area contributed by atoms with Crippen molar-refractivity contribution in [2.24, 2.45) is 17.8 Å². The fourth-order valence-electron chi connectivity index (χ4n) is 5.58. The highest BCUT2D eigenvalue weighted by Gasteiger charge is 2.80. The van der Waals surface area contributed by atoms with Crippen LogP contribution in [0.25, 0.3) is 0 Å². The first kappa shape index (κ1) is 21.0. The van der Waals surface area contributed by atoms with E-state index in [-0.39, 0.29) is 30.2 Å². The molecule has 3 fully saturated rings. The van der Waals surface area contributed by atoms with Crippen molar-refractivity contribution >= 4 is 17.7 Å². The SMILES string of the molecule is CCCCNC(=O)C1N([C@H](C)CO)C(=O)[C@@H]2[C@H](C(=O)NC)[C@@]3(C)OC12CC3C. The van der Waals surface area contributed by atoms with Crippen molar-refractivity contribution < 1.29 is 24.2 Å². The summed E-state index contributed by atoms with van der Waals surface area (Å²) >= 11 is 0. The number of unbranched alkanes of at least 4 members (excludes halogenated alkanes) is 1. The van der Waals surface area contributed by atoms with Crippen molar-refractivity contribution in [1.29, 1.82) is 0 Å². The van der Waals surface area contributed by atoms with Crippen molar-refractivity contribution in [2.45, 2.75) is 70.2 Å². The summed E-state index contributed by atoms with van der Waals surface area (Å²) in [5, 5.41) is 15.3. The number of fused-ring (bicyclic) bond motifs is 1. The van der Waals surface area contributed by atoms with Crippen LogP contribution in [0.2, 0.25) is 0 Å². The Morgan fingerprint density at radius 3 is 2.64 bits per heavy atom. The van der Waals surface area contributed by atoms with Crippen LogP contribution in [0.5, 0.6) is 0 Å². The molecule has 3 aliphatic rings. The van der Waals surface area contributed by atoms with E-state index in [1.807, 2.05) is 20.8 Å². The molecule has 1 spiro atoms. The second-order valence-corrected chi connectivity index (χ2v) is 8.74. The molecule has 0 radical (unpaired) electrons. The van der Waals surface area contributed by atoms with Crippen molar-refractivity contribution in [2.75, 3.05) is 20.2 Å². The van der Waals surface area contributed by atoms with Gasteiger partial charge in [-0.25, -0.2) is 0 Å². The van der Waals surface area contributed by atoms with E-state index in [0.717, 1.165) is 12.8 Å². The Hall–Kier alpha value is -1.67. The highest BCUT2D eigenvalue weighted by molar-refractivity contribution is 5.99. The molecular weight excluding hydrogens is 362 g/mol. The van der Waals surface area contributed by atoms with Crippen molar-refractivity contribution in [3.05, 3.63) is 0 Å². The van der Waals surface area contributed by atoms with E-state index in [1.165, 1.54) is 4.90 Å². The molecule has 3 N–H and O–H groups in total. The highest BCUT2D eigenvalue weighted by atomic mass is 16.5. The zero-order valence-corrected chi connectivity index (χ0v) is 17.4. The van der Waals surface area contributed by atoms with Crippen LogP contribution < -0.4 is 10.6 Å². The third-order valence-corrected chi connectivity index (χ3v) is 7.10. The van der Waals surface area contributed by atoms with Gasteiger partial charge in [0, 0.05) is 13.6 Å². The van der Waals surface area contributed by atoms with Crippen LogP contribution in [0.15, 0.2) is 0 Å². The molecule has 158 valence electrons. The molecule has 8 heteroatoms. The largest absolute Gasteiger partial charge is 0.394 e. The minimum atomic E-state index is -1.04. The molecule has 3 amide bonds. The Morgan fingerprint density at radius 2 is 2.07 bits per heavy atom. The van der Waals surface area contributed by atoms with Gasteiger partial charge in [0.15, 0.2) is 0 Å². The maximum Gasteiger partial charge on any atom is 0.245 e. The number of nitrogens with one attached hydrogen (secondary N) is 2. The smallest absolute Gasteiger partial charge is 0.245 e. The van der Waals surface area contributed by atoms with E-state index in [0.29, 0.717) is 13.0 Å². The molecule has 0 aromatic carbocycles. The lowest BCUT2D eigenvalue weighted by molar-refractivity contribution is -0.150. The molecule has 0 aromatic rings. The Labute approximate surface area is 166 Å². The average molecular weight is 396 g/mol. The van der Waals surface area contributed by atoms with Crippen LogP contribution in [0.4, 0.5) is 0 Å². The highest BCUT2D eigenvalue weighted by Crippen LogP contribution is 2.65. The average Bonchev–Trinajstić information content (AvgIpc) is 3.17. The molecule has 8 nitrogen and oxygen atoms in total. The second-order valence-electron chi connectivity index (χ2n) is 8.74. The van der Waals surface area contributed by atoms with Gasteiger partial charge >= 0.3 is 0 Å². The molecule has 3 aliphatic heterocycles. The summed E-state index contributed by atoms with van der Waals surface area (Å²) < 4.78 is 6.49. The quantitative estimate of drug-likeness (QED) is 0.528.